The Labute approximate surface area is 186 Å². The van der Waals surface area contributed by atoms with Gasteiger partial charge in [0.15, 0.2) is 0 Å². The minimum Gasteiger partial charge on any atom is -0.148 e. The molecule has 2 aliphatic rings. The summed E-state index contributed by atoms with van der Waals surface area (Å²) in [7, 11) is 0. The van der Waals surface area contributed by atoms with Crippen LogP contribution < -0.4 is 0 Å². The molecule has 5 aromatic rings. The maximum absolute atomic E-state index is 2.37. The van der Waals surface area contributed by atoms with Crippen molar-refractivity contribution in [3.8, 4) is 22.3 Å². The van der Waals surface area contributed by atoms with Crippen LogP contribution in [-0.2, 0) is 0 Å². The van der Waals surface area contributed by atoms with E-state index in [1.54, 1.807) is 0 Å². The van der Waals surface area contributed by atoms with Crippen LogP contribution in [0.25, 0.3) is 22.3 Å². The van der Waals surface area contributed by atoms with Crippen molar-refractivity contribution < 1.29 is 0 Å². The molecule has 1 heterocycles. The van der Waals surface area contributed by atoms with E-state index in [-0.39, 0.29) is 0 Å². The summed E-state index contributed by atoms with van der Waals surface area (Å²) in [5.74, 6) is 0.607. The van der Waals surface area contributed by atoms with Gasteiger partial charge in [0.2, 0.25) is 0 Å². The van der Waals surface area contributed by atoms with Crippen LogP contribution in [0.3, 0.4) is 0 Å². The highest BCUT2D eigenvalue weighted by Gasteiger charge is 2.36. The molecule has 1 heteroatoms. The van der Waals surface area contributed by atoms with Crippen LogP contribution in [0.1, 0.15) is 44.5 Å². The fourth-order valence-electron chi connectivity index (χ4n) is 5.73. The van der Waals surface area contributed by atoms with Gasteiger partial charge in [-0.15, -0.1) is 11.3 Å². The second-order valence-electron chi connectivity index (χ2n) is 8.46. The summed E-state index contributed by atoms with van der Waals surface area (Å²) in [6.45, 7) is 0. The molecule has 0 saturated heterocycles. The van der Waals surface area contributed by atoms with Crippen molar-refractivity contribution in [2.24, 2.45) is 0 Å². The van der Waals surface area contributed by atoms with E-state index in [1.165, 1.54) is 54.9 Å². The van der Waals surface area contributed by atoms with Crippen molar-refractivity contribution in [3.63, 3.8) is 0 Å². The molecule has 31 heavy (non-hydrogen) atoms. The molecule has 0 nitrogen and oxygen atoms in total. The first kappa shape index (κ1) is 17.3. The molecule has 0 radical (unpaired) electrons. The zero-order chi connectivity index (χ0) is 20.4. The van der Waals surface area contributed by atoms with Crippen LogP contribution >= 0.6 is 11.3 Å². The Morgan fingerprint density at radius 3 is 1.23 bits per heavy atom. The van der Waals surface area contributed by atoms with Crippen LogP contribution in [-0.4, -0.2) is 0 Å². The molecule has 0 bridgehead atoms. The Kier molecular flexibility index (Phi) is 3.64. The highest BCUT2D eigenvalue weighted by atomic mass is 32.1. The fourth-order valence-corrected chi connectivity index (χ4v) is 6.81. The molecule has 0 spiro atoms. The number of rotatable bonds is 2. The topological polar surface area (TPSA) is 0 Å². The highest BCUT2D eigenvalue weighted by Crippen LogP contribution is 2.54. The number of thiophene rings is 1. The van der Waals surface area contributed by atoms with Gasteiger partial charge in [-0.2, -0.15) is 0 Å². The third-order valence-electron chi connectivity index (χ3n) is 6.97. The summed E-state index contributed by atoms with van der Waals surface area (Å²) in [5, 5.41) is 2.29. The molecular formula is C30H20S. The molecule has 0 aliphatic heterocycles. The Bertz CT molecular complexity index is 1250. The van der Waals surface area contributed by atoms with E-state index in [9.17, 15) is 0 Å². The third kappa shape index (κ3) is 2.35. The molecule has 0 atom stereocenters. The van der Waals surface area contributed by atoms with Crippen molar-refractivity contribution in [1.82, 2.24) is 0 Å². The van der Waals surface area contributed by atoms with E-state index in [0.29, 0.717) is 11.8 Å². The third-order valence-corrected chi connectivity index (χ3v) is 7.97. The van der Waals surface area contributed by atoms with Crippen LogP contribution in [0.5, 0.6) is 0 Å². The Morgan fingerprint density at radius 1 is 0.387 bits per heavy atom. The quantitative estimate of drug-likeness (QED) is 0.269. The van der Waals surface area contributed by atoms with E-state index < -0.39 is 0 Å². The Hall–Kier alpha value is -3.42. The summed E-state index contributed by atoms with van der Waals surface area (Å²) in [6, 6.07) is 38.1. The average molecular weight is 413 g/mol. The van der Waals surface area contributed by atoms with E-state index in [1.807, 2.05) is 11.3 Å². The van der Waals surface area contributed by atoms with Gasteiger partial charge in [-0.25, -0.2) is 0 Å². The SMILES string of the molecule is c1ccc2c(c1)-c1ccccc1C2c1ccsc1C1c2ccccc2-c2ccccc21. The minimum atomic E-state index is 0.300. The Morgan fingerprint density at radius 2 is 0.774 bits per heavy atom. The van der Waals surface area contributed by atoms with Gasteiger partial charge < -0.3 is 0 Å². The van der Waals surface area contributed by atoms with E-state index in [2.05, 4.69) is 109 Å². The lowest BCUT2D eigenvalue weighted by atomic mass is 9.84. The number of hydrogen-bond donors (Lipinski definition) is 0. The van der Waals surface area contributed by atoms with Crippen LogP contribution in [0.15, 0.2) is 109 Å². The van der Waals surface area contributed by atoms with E-state index in [4.69, 9.17) is 0 Å². The molecule has 0 amide bonds. The first-order chi connectivity index (χ1) is 15.4. The lowest BCUT2D eigenvalue weighted by molar-refractivity contribution is 0.953. The summed E-state index contributed by atoms with van der Waals surface area (Å²) in [6.07, 6.45) is 0. The van der Waals surface area contributed by atoms with Crippen molar-refractivity contribution in [1.29, 1.82) is 0 Å². The summed E-state index contributed by atoms with van der Waals surface area (Å²) < 4.78 is 0. The first-order valence-corrected chi connectivity index (χ1v) is 11.7. The largest absolute Gasteiger partial charge is 0.148 e. The van der Waals surface area contributed by atoms with Gasteiger partial charge >= 0.3 is 0 Å². The zero-order valence-corrected chi connectivity index (χ0v) is 17.8. The fraction of sp³-hybridized carbons (Fsp3) is 0.0667. The molecular weight excluding hydrogens is 392 g/mol. The van der Waals surface area contributed by atoms with Gasteiger partial charge in [0, 0.05) is 16.7 Å². The van der Waals surface area contributed by atoms with Gasteiger partial charge in [0.25, 0.3) is 0 Å². The smallest absolute Gasteiger partial charge is 0.0449 e. The molecule has 7 rings (SSSR count). The van der Waals surface area contributed by atoms with Crippen molar-refractivity contribution in [2.75, 3.05) is 0 Å². The van der Waals surface area contributed by atoms with Gasteiger partial charge in [-0.3, -0.25) is 0 Å². The normalized spacial score (nSPS) is 14.2. The van der Waals surface area contributed by atoms with Crippen LogP contribution in [0.4, 0.5) is 0 Å². The zero-order valence-electron chi connectivity index (χ0n) is 17.0. The van der Waals surface area contributed by atoms with Gasteiger partial charge in [-0.05, 0) is 61.5 Å². The lowest BCUT2D eigenvalue weighted by Crippen LogP contribution is -2.05. The molecule has 0 unspecified atom stereocenters. The Balaban J connectivity index is 1.47. The second-order valence-corrected chi connectivity index (χ2v) is 9.40. The van der Waals surface area contributed by atoms with Gasteiger partial charge in [-0.1, -0.05) is 97.1 Å². The molecule has 0 saturated carbocycles. The monoisotopic (exact) mass is 412 g/mol. The summed E-state index contributed by atoms with van der Waals surface area (Å²) in [5.41, 5.74) is 12.7. The molecule has 1 aromatic heterocycles. The predicted octanol–water partition coefficient (Wildman–Crippen LogP) is 8.07. The maximum atomic E-state index is 2.37. The summed E-state index contributed by atoms with van der Waals surface area (Å²) in [4.78, 5) is 1.48. The molecule has 0 N–H and O–H groups in total. The maximum Gasteiger partial charge on any atom is 0.0449 e. The second kappa shape index (κ2) is 6.54. The standard InChI is InChI=1S/C30H20S/c1-5-13-23-19(9-1)20-10-2-6-14-24(20)28(23)27-17-18-31-30(27)29-25-15-7-3-11-21(25)22-12-4-8-16-26(22)29/h1-18,28-29H. The molecule has 146 valence electrons. The first-order valence-electron chi connectivity index (χ1n) is 10.9. The van der Waals surface area contributed by atoms with Crippen LogP contribution in [0, 0.1) is 0 Å². The van der Waals surface area contributed by atoms with Gasteiger partial charge in [0.1, 0.15) is 0 Å². The lowest BCUT2D eigenvalue weighted by Gasteiger charge is -2.20. The number of fused-ring (bicyclic) bond motifs is 6. The van der Waals surface area contributed by atoms with Crippen LogP contribution in [0.2, 0.25) is 0 Å². The summed E-state index contributed by atoms with van der Waals surface area (Å²) >= 11 is 1.91. The predicted molar refractivity (Wildman–Crippen MR) is 130 cm³/mol. The molecule has 4 aromatic carbocycles. The van der Waals surface area contributed by atoms with Crippen molar-refractivity contribution >= 4 is 11.3 Å². The highest BCUT2D eigenvalue weighted by molar-refractivity contribution is 7.10. The van der Waals surface area contributed by atoms with Crippen molar-refractivity contribution in [2.45, 2.75) is 11.8 Å². The van der Waals surface area contributed by atoms with Crippen molar-refractivity contribution in [3.05, 3.63) is 141 Å². The number of hydrogen-bond acceptors (Lipinski definition) is 1. The van der Waals surface area contributed by atoms with E-state index >= 15 is 0 Å². The average Bonchev–Trinajstić information content (AvgIpc) is 3.51. The molecule has 2 aliphatic carbocycles. The molecule has 0 fully saturated rings. The minimum absolute atomic E-state index is 0.300. The number of benzene rings is 4. The van der Waals surface area contributed by atoms with Gasteiger partial charge in [0.05, 0.1) is 0 Å². The van der Waals surface area contributed by atoms with E-state index in [0.717, 1.165) is 0 Å².